The maximum Gasteiger partial charge on any atom is 0.262 e. The number of nitrogens with one attached hydrogen (secondary N) is 1. The van der Waals surface area contributed by atoms with Gasteiger partial charge in [-0.3, -0.25) is 9.59 Å². The van der Waals surface area contributed by atoms with Gasteiger partial charge in [0.05, 0.1) is 5.69 Å². The van der Waals surface area contributed by atoms with Crippen molar-refractivity contribution in [1.29, 1.82) is 0 Å². The monoisotopic (exact) mass is 289 g/mol. The summed E-state index contributed by atoms with van der Waals surface area (Å²) in [5.74, 6) is 0.344. The van der Waals surface area contributed by atoms with Gasteiger partial charge in [0.25, 0.3) is 11.8 Å². The molecule has 0 aromatic heterocycles. The van der Waals surface area contributed by atoms with E-state index in [9.17, 15) is 9.59 Å². The Bertz CT molecular complexity index is 602. The van der Waals surface area contributed by atoms with Crippen LogP contribution in [-0.2, 0) is 4.79 Å². The maximum atomic E-state index is 12.5. The third kappa shape index (κ3) is 2.58. The van der Waals surface area contributed by atoms with Gasteiger partial charge in [-0.15, -0.1) is 0 Å². The highest BCUT2D eigenvalue weighted by molar-refractivity contribution is 5.99. The van der Waals surface area contributed by atoms with Crippen LogP contribution in [0.25, 0.3) is 0 Å². The molecular formula is C15H19N3O3. The first kappa shape index (κ1) is 13.9. The normalized spacial score (nSPS) is 24.3. The van der Waals surface area contributed by atoms with Crippen LogP contribution >= 0.6 is 0 Å². The van der Waals surface area contributed by atoms with Crippen molar-refractivity contribution >= 4 is 17.5 Å². The van der Waals surface area contributed by atoms with E-state index in [1.165, 1.54) is 0 Å². The summed E-state index contributed by atoms with van der Waals surface area (Å²) >= 11 is 0. The van der Waals surface area contributed by atoms with Crippen LogP contribution < -0.4 is 15.8 Å². The van der Waals surface area contributed by atoms with Crippen LogP contribution in [-0.4, -0.2) is 43.0 Å². The van der Waals surface area contributed by atoms with Crippen LogP contribution in [0.5, 0.6) is 5.75 Å². The number of anilines is 1. The van der Waals surface area contributed by atoms with E-state index in [4.69, 9.17) is 10.5 Å². The van der Waals surface area contributed by atoms with Gasteiger partial charge in [0, 0.05) is 18.7 Å². The van der Waals surface area contributed by atoms with E-state index in [1.807, 2.05) is 4.90 Å². The number of benzene rings is 1. The predicted molar refractivity (Wildman–Crippen MR) is 78.2 cm³/mol. The van der Waals surface area contributed by atoms with E-state index in [-0.39, 0.29) is 23.8 Å². The Morgan fingerprint density at radius 1 is 1.52 bits per heavy atom. The number of amides is 2. The van der Waals surface area contributed by atoms with Crippen molar-refractivity contribution in [1.82, 2.24) is 4.90 Å². The van der Waals surface area contributed by atoms with Gasteiger partial charge in [0.1, 0.15) is 5.75 Å². The van der Waals surface area contributed by atoms with Crippen molar-refractivity contribution in [3.05, 3.63) is 23.8 Å². The van der Waals surface area contributed by atoms with E-state index >= 15 is 0 Å². The Hall–Kier alpha value is -2.08. The Labute approximate surface area is 123 Å². The van der Waals surface area contributed by atoms with E-state index in [0.29, 0.717) is 30.1 Å². The number of rotatable bonds is 2. The van der Waals surface area contributed by atoms with Gasteiger partial charge in [0.15, 0.2) is 6.61 Å². The van der Waals surface area contributed by atoms with Crippen LogP contribution in [0.15, 0.2) is 18.2 Å². The molecule has 2 amide bonds. The molecule has 0 radical (unpaired) electrons. The third-order valence-electron chi connectivity index (χ3n) is 4.20. The molecular weight excluding hydrogens is 270 g/mol. The zero-order valence-electron chi connectivity index (χ0n) is 12.0. The van der Waals surface area contributed by atoms with Crippen LogP contribution in [0, 0.1) is 5.41 Å². The van der Waals surface area contributed by atoms with Crippen LogP contribution in [0.2, 0.25) is 0 Å². The Morgan fingerprint density at radius 2 is 2.33 bits per heavy atom. The van der Waals surface area contributed by atoms with Gasteiger partial charge in [-0.2, -0.15) is 0 Å². The average Bonchev–Trinajstić information content (AvgIpc) is 2.89. The fourth-order valence-electron chi connectivity index (χ4n) is 2.75. The fraction of sp³-hybridized carbons (Fsp3) is 0.467. The molecule has 6 nitrogen and oxygen atoms in total. The lowest BCUT2D eigenvalue weighted by atomic mass is 9.90. The molecule has 112 valence electrons. The van der Waals surface area contributed by atoms with E-state index < -0.39 is 0 Å². The van der Waals surface area contributed by atoms with Crippen LogP contribution in [0.3, 0.4) is 0 Å². The molecule has 1 aromatic carbocycles. The lowest BCUT2D eigenvalue weighted by Gasteiger charge is -2.23. The predicted octanol–water partition coefficient (Wildman–Crippen LogP) is 0.828. The van der Waals surface area contributed by atoms with Gasteiger partial charge in [-0.25, -0.2) is 0 Å². The molecule has 0 aliphatic carbocycles. The SMILES string of the molecule is CC1(CN)CCN(C(=O)c2ccc3c(c2)OCC(=O)N3)C1. The Kier molecular flexibility index (Phi) is 3.33. The molecule has 2 aliphatic heterocycles. The molecule has 0 spiro atoms. The second kappa shape index (κ2) is 5.04. The summed E-state index contributed by atoms with van der Waals surface area (Å²) < 4.78 is 5.35. The van der Waals surface area contributed by atoms with Crippen molar-refractivity contribution in [2.24, 2.45) is 11.1 Å². The maximum absolute atomic E-state index is 12.5. The van der Waals surface area contributed by atoms with Gasteiger partial charge in [0.2, 0.25) is 0 Å². The molecule has 6 heteroatoms. The number of carbonyl (C=O) groups is 2. The second-order valence-electron chi connectivity index (χ2n) is 6.04. The smallest absolute Gasteiger partial charge is 0.262 e. The van der Waals surface area contributed by atoms with Crippen molar-refractivity contribution < 1.29 is 14.3 Å². The molecule has 1 saturated heterocycles. The number of hydrogen-bond acceptors (Lipinski definition) is 4. The fourth-order valence-corrected chi connectivity index (χ4v) is 2.75. The van der Waals surface area contributed by atoms with Crippen molar-refractivity contribution in [3.63, 3.8) is 0 Å². The summed E-state index contributed by atoms with van der Waals surface area (Å²) in [4.78, 5) is 25.6. The molecule has 21 heavy (non-hydrogen) atoms. The first-order valence-electron chi connectivity index (χ1n) is 7.07. The van der Waals surface area contributed by atoms with E-state index in [2.05, 4.69) is 12.2 Å². The number of nitrogens with zero attached hydrogens (tertiary/aromatic N) is 1. The summed E-state index contributed by atoms with van der Waals surface area (Å²) in [6.07, 6.45) is 0.923. The Balaban J connectivity index is 1.79. The highest BCUT2D eigenvalue weighted by atomic mass is 16.5. The number of hydrogen-bond donors (Lipinski definition) is 2. The number of nitrogens with two attached hydrogens (primary N) is 1. The molecule has 2 aliphatic rings. The zero-order chi connectivity index (χ0) is 15.0. The minimum absolute atomic E-state index is 0.00828. The van der Waals surface area contributed by atoms with Gasteiger partial charge in [-0.05, 0) is 36.6 Å². The number of ether oxygens (including phenoxy) is 1. The third-order valence-corrected chi connectivity index (χ3v) is 4.20. The molecule has 2 heterocycles. The van der Waals surface area contributed by atoms with E-state index in [0.717, 1.165) is 13.0 Å². The summed E-state index contributed by atoms with van der Waals surface area (Å²) in [6, 6.07) is 5.11. The first-order chi connectivity index (χ1) is 10.0. The molecule has 3 rings (SSSR count). The first-order valence-corrected chi connectivity index (χ1v) is 7.07. The molecule has 1 aromatic rings. The summed E-state index contributed by atoms with van der Waals surface area (Å²) in [7, 11) is 0. The summed E-state index contributed by atoms with van der Waals surface area (Å²) in [5.41, 5.74) is 6.97. The zero-order valence-corrected chi connectivity index (χ0v) is 12.0. The van der Waals surface area contributed by atoms with Crippen molar-refractivity contribution in [3.8, 4) is 5.75 Å². The minimum Gasteiger partial charge on any atom is -0.482 e. The van der Waals surface area contributed by atoms with Gasteiger partial charge < -0.3 is 20.7 Å². The summed E-state index contributed by atoms with van der Waals surface area (Å²) in [6.45, 7) is 4.07. The van der Waals surface area contributed by atoms with Gasteiger partial charge >= 0.3 is 0 Å². The topological polar surface area (TPSA) is 84.7 Å². The Morgan fingerprint density at radius 3 is 3.05 bits per heavy atom. The molecule has 1 unspecified atom stereocenters. The lowest BCUT2D eigenvalue weighted by Crippen LogP contribution is -2.34. The second-order valence-corrected chi connectivity index (χ2v) is 6.04. The van der Waals surface area contributed by atoms with E-state index in [1.54, 1.807) is 18.2 Å². The number of carbonyl (C=O) groups excluding carboxylic acids is 2. The average molecular weight is 289 g/mol. The minimum atomic E-state index is -0.181. The molecule has 0 saturated carbocycles. The molecule has 3 N–H and O–H groups in total. The van der Waals surface area contributed by atoms with Crippen molar-refractivity contribution in [2.75, 3.05) is 31.6 Å². The van der Waals surface area contributed by atoms with Crippen molar-refractivity contribution in [2.45, 2.75) is 13.3 Å². The largest absolute Gasteiger partial charge is 0.482 e. The highest BCUT2D eigenvalue weighted by Crippen LogP contribution is 2.32. The molecule has 0 bridgehead atoms. The number of likely N-dealkylation sites (tertiary alicyclic amines) is 1. The summed E-state index contributed by atoms with van der Waals surface area (Å²) in [5, 5.41) is 2.71. The molecule has 1 fully saturated rings. The highest BCUT2D eigenvalue weighted by Gasteiger charge is 2.35. The van der Waals surface area contributed by atoms with Crippen LogP contribution in [0.4, 0.5) is 5.69 Å². The lowest BCUT2D eigenvalue weighted by molar-refractivity contribution is -0.118. The van der Waals surface area contributed by atoms with Gasteiger partial charge in [-0.1, -0.05) is 6.92 Å². The molecule has 1 atom stereocenters. The standard InChI is InChI=1S/C15H19N3O3/c1-15(8-16)4-5-18(9-15)14(20)10-2-3-11-12(6-10)21-7-13(19)17-11/h2-3,6H,4-5,7-9,16H2,1H3,(H,17,19). The van der Waals surface area contributed by atoms with Crippen LogP contribution in [0.1, 0.15) is 23.7 Å². The number of fused-ring (bicyclic) bond motifs is 1. The quantitative estimate of drug-likeness (QED) is 0.844.